The van der Waals surface area contributed by atoms with Gasteiger partial charge >= 0.3 is 0 Å². The highest BCUT2D eigenvalue weighted by atomic mass is 32.1. The maximum Gasteiger partial charge on any atom is 0.199 e. The van der Waals surface area contributed by atoms with Crippen molar-refractivity contribution in [2.45, 2.75) is 50.9 Å². The summed E-state index contributed by atoms with van der Waals surface area (Å²) in [5, 5.41) is 18.4. The van der Waals surface area contributed by atoms with Gasteiger partial charge in [0, 0.05) is 32.4 Å². The van der Waals surface area contributed by atoms with E-state index in [4.69, 9.17) is 12.2 Å². The number of likely N-dealkylation sites (tertiary alicyclic amines) is 1. The smallest absolute Gasteiger partial charge is 0.199 e. The molecule has 1 saturated carbocycles. The highest BCUT2D eigenvalue weighted by molar-refractivity contribution is 7.71. The second-order valence-corrected chi connectivity index (χ2v) is 7.30. The van der Waals surface area contributed by atoms with Crippen LogP contribution in [0.2, 0.25) is 0 Å². The summed E-state index contributed by atoms with van der Waals surface area (Å²) in [5.41, 5.74) is 1.34. The molecule has 4 rings (SSSR count). The Morgan fingerprint density at radius 3 is 2.58 bits per heavy atom. The molecular weight excluding hydrogens is 324 g/mol. The average Bonchev–Trinajstić information content (AvgIpc) is 3.25. The van der Waals surface area contributed by atoms with Gasteiger partial charge in [-0.1, -0.05) is 0 Å². The number of piperidine rings is 1. The van der Waals surface area contributed by atoms with E-state index in [0.717, 1.165) is 43.5 Å². The van der Waals surface area contributed by atoms with E-state index in [2.05, 4.69) is 21.3 Å². The van der Waals surface area contributed by atoms with E-state index in [9.17, 15) is 5.11 Å². The molecule has 0 radical (unpaired) electrons. The number of rotatable bonds is 5. The summed E-state index contributed by atoms with van der Waals surface area (Å²) in [7, 11) is 1.97. The largest absolute Gasteiger partial charge is 0.388 e. The van der Waals surface area contributed by atoms with E-state index in [0.29, 0.717) is 24.5 Å². The van der Waals surface area contributed by atoms with Gasteiger partial charge in [0.25, 0.3) is 0 Å². The molecule has 24 heavy (non-hydrogen) atoms. The Morgan fingerprint density at radius 2 is 2.00 bits per heavy atom. The van der Waals surface area contributed by atoms with Crippen LogP contribution in [0.15, 0.2) is 12.4 Å². The van der Waals surface area contributed by atoms with Crippen LogP contribution in [-0.2, 0) is 20.3 Å². The first kappa shape index (κ1) is 16.0. The molecule has 3 heterocycles. The van der Waals surface area contributed by atoms with Crippen LogP contribution in [-0.4, -0.2) is 47.2 Å². The minimum Gasteiger partial charge on any atom is -0.388 e. The summed E-state index contributed by atoms with van der Waals surface area (Å²) in [6, 6.07) is 0.449. The van der Waals surface area contributed by atoms with Crippen LogP contribution in [0.4, 0.5) is 0 Å². The predicted octanol–water partition coefficient (Wildman–Crippen LogP) is 1.81. The first-order valence-electron chi connectivity index (χ1n) is 8.65. The minimum atomic E-state index is -0.0454. The Hall–Kier alpha value is -1.51. The molecule has 2 fully saturated rings. The van der Waals surface area contributed by atoms with Crippen LogP contribution in [0.3, 0.4) is 0 Å². The van der Waals surface area contributed by atoms with Crippen LogP contribution in [0.1, 0.15) is 49.0 Å². The molecule has 0 aromatic carbocycles. The summed E-state index contributed by atoms with van der Waals surface area (Å²) in [6.45, 7) is 2.74. The molecule has 1 aliphatic heterocycles. The maximum atomic E-state index is 9.54. The monoisotopic (exact) mass is 348 g/mol. The van der Waals surface area contributed by atoms with Crippen molar-refractivity contribution in [3.8, 4) is 0 Å². The van der Waals surface area contributed by atoms with Crippen LogP contribution < -0.4 is 0 Å². The van der Waals surface area contributed by atoms with Crippen molar-refractivity contribution in [3.63, 3.8) is 0 Å². The Balaban J connectivity index is 1.41. The second kappa shape index (κ2) is 6.42. The van der Waals surface area contributed by atoms with Crippen molar-refractivity contribution in [2.24, 2.45) is 7.05 Å². The molecule has 0 atom stereocenters. The molecule has 0 unspecified atom stereocenters. The van der Waals surface area contributed by atoms with Crippen LogP contribution >= 0.6 is 12.2 Å². The highest BCUT2D eigenvalue weighted by Gasteiger charge is 2.29. The van der Waals surface area contributed by atoms with Gasteiger partial charge in [0.05, 0.1) is 12.9 Å². The lowest BCUT2D eigenvalue weighted by molar-refractivity contribution is 0.159. The van der Waals surface area contributed by atoms with Crippen molar-refractivity contribution in [1.82, 2.24) is 29.0 Å². The standard InChI is InChI=1S/C16H24N6OS/c1-19-9-13(8-17-19)12-4-6-20(7-5-12)11-21-16(24)22(14-2-3-14)15(10-23)18-21/h8-9,12,14,23H,2-7,10-11H2,1H3. The second-order valence-electron chi connectivity index (χ2n) is 6.94. The third-order valence-electron chi connectivity index (χ3n) is 5.11. The van der Waals surface area contributed by atoms with Crippen LogP contribution in [0.5, 0.6) is 0 Å². The summed E-state index contributed by atoms with van der Waals surface area (Å²) >= 11 is 5.58. The average molecular weight is 348 g/mol. The van der Waals surface area contributed by atoms with Gasteiger partial charge in [0.15, 0.2) is 10.6 Å². The molecule has 2 aromatic rings. The number of aryl methyl sites for hydroxylation is 1. The van der Waals surface area contributed by atoms with Crippen molar-refractivity contribution < 1.29 is 5.11 Å². The van der Waals surface area contributed by atoms with E-state index in [1.165, 1.54) is 5.56 Å². The number of aliphatic hydroxyl groups excluding tert-OH is 1. The molecule has 8 heteroatoms. The van der Waals surface area contributed by atoms with Crippen LogP contribution in [0.25, 0.3) is 0 Å². The molecule has 0 bridgehead atoms. The number of aliphatic hydroxyl groups is 1. The summed E-state index contributed by atoms with van der Waals surface area (Å²) in [4.78, 5) is 2.40. The summed E-state index contributed by atoms with van der Waals surface area (Å²) < 4.78 is 6.54. The molecule has 2 aliphatic rings. The Kier molecular flexibility index (Phi) is 4.28. The minimum absolute atomic E-state index is 0.0454. The van der Waals surface area contributed by atoms with E-state index in [-0.39, 0.29) is 6.61 Å². The summed E-state index contributed by atoms with van der Waals surface area (Å²) in [5.74, 6) is 1.30. The first-order chi connectivity index (χ1) is 11.7. The highest BCUT2D eigenvalue weighted by Crippen LogP contribution is 2.36. The lowest BCUT2D eigenvalue weighted by Crippen LogP contribution is -2.34. The zero-order valence-electron chi connectivity index (χ0n) is 14.0. The Labute approximate surface area is 146 Å². The van der Waals surface area contributed by atoms with Gasteiger partial charge in [0.1, 0.15) is 6.61 Å². The molecule has 2 aromatic heterocycles. The predicted molar refractivity (Wildman–Crippen MR) is 92.0 cm³/mol. The third-order valence-corrected chi connectivity index (χ3v) is 5.52. The van der Waals surface area contributed by atoms with Crippen molar-refractivity contribution in [2.75, 3.05) is 13.1 Å². The summed E-state index contributed by atoms with van der Waals surface area (Å²) in [6.07, 6.45) is 8.67. The SMILES string of the molecule is Cn1cc(C2CCN(Cn3nc(CO)n(C4CC4)c3=S)CC2)cn1. The van der Waals surface area contributed by atoms with E-state index in [1.54, 1.807) is 0 Å². The van der Waals surface area contributed by atoms with Gasteiger partial charge in [0.2, 0.25) is 0 Å². The molecular formula is C16H24N6OS. The molecule has 1 aliphatic carbocycles. The molecule has 1 saturated heterocycles. The van der Waals surface area contributed by atoms with Gasteiger partial charge in [-0.25, -0.2) is 4.68 Å². The quantitative estimate of drug-likeness (QED) is 0.835. The maximum absolute atomic E-state index is 9.54. The van der Waals surface area contributed by atoms with Gasteiger partial charge in [-0.05, 0) is 49.4 Å². The van der Waals surface area contributed by atoms with Gasteiger partial charge in [-0.2, -0.15) is 10.2 Å². The zero-order chi connectivity index (χ0) is 16.7. The molecule has 0 amide bonds. The van der Waals surface area contributed by atoms with Crippen molar-refractivity contribution >= 4 is 12.2 Å². The number of hydrogen-bond donors (Lipinski definition) is 1. The number of hydrogen-bond acceptors (Lipinski definition) is 5. The fourth-order valence-electron chi connectivity index (χ4n) is 3.61. The molecule has 130 valence electrons. The third kappa shape index (κ3) is 3.05. The van der Waals surface area contributed by atoms with Gasteiger partial charge < -0.3 is 5.11 Å². The Morgan fingerprint density at radius 1 is 1.25 bits per heavy atom. The van der Waals surface area contributed by atoms with Crippen molar-refractivity contribution in [1.29, 1.82) is 0 Å². The number of aromatic nitrogens is 5. The fraction of sp³-hybridized carbons (Fsp3) is 0.688. The Bertz CT molecular complexity index is 766. The topological polar surface area (TPSA) is 64.0 Å². The van der Waals surface area contributed by atoms with Gasteiger partial charge in [-0.15, -0.1) is 0 Å². The lowest BCUT2D eigenvalue weighted by Gasteiger charge is -2.31. The fourth-order valence-corrected chi connectivity index (χ4v) is 3.97. The van der Waals surface area contributed by atoms with E-state index >= 15 is 0 Å². The molecule has 1 N–H and O–H groups in total. The molecule has 0 spiro atoms. The molecule has 7 nitrogen and oxygen atoms in total. The first-order valence-corrected chi connectivity index (χ1v) is 9.06. The van der Waals surface area contributed by atoms with Crippen LogP contribution in [0, 0.1) is 4.77 Å². The lowest BCUT2D eigenvalue weighted by atomic mass is 9.92. The number of nitrogens with zero attached hydrogens (tertiary/aromatic N) is 6. The zero-order valence-corrected chi connectivity index (χ0v) is 14.8. The normalized spacial score (nSPS) is 19.9. The van der Waals surface area contributed by atoms with E-state index in [1.807, 2.05) is 27.2 Å². The van der Waals surface area contributed by atoms with E-state index < -0.39 is 0 Å². The van der Waals surface area contributed by atoms with Gasteiger partial charge in [-0.3, -0.25) is 14.1 Å². The van der Waals surface area contributed by atoms with Crippen molar-refractivity contribution in [3.05, 3.63) is 28.6 Å².